The number of rotatable bonds is 7. The van der Waals surface area contributed by atoms with Crippen molar-refractivity contribution >= 4 is 23.6 Å². The van der Waals surface area contributed by atoms with Gasteiger partial charge in [0, 0.05) is 24.4 Å². The largest absolute Gasteiger partial charge is 0.471 e. The zero-order chi connectivity index (χ0) is 30.4. The number of hydrogen-bond acceptors (Lipinski definition) is 6. The molecule has 7 aliphatic rings. The number of carbonyl (C=O) groups is 4. The minimum Gasteiger partial charge on any atom is -0.390 e. The number of nitrogens with one attached hydrogen (secondary N) is 3. The summed E-state index contributed by atoms with van der Waals surface area (Å²) in [5.74, 6) is -4.41. The third-order valence-corrected chi connectivity index (χ3v) is 11.4. The van der Waals surface area contributed by atoms with Crippen molar-refractivity contribution in [1.82, 2.24) is 20.9 Å². The van der Waals surface area contributed by atoms with Crippen LogP contribution in [-0.4, -0.2) is 76.6 Å². The van der Waals surface area contributed by atoms with Gasteiger partial charge >= 0.3 is 12.1 Å². The van der Waals surface area contributed by atoms with Gasteiger partial charge in [-0.25, -0.2) is 0 Å². The predicted molar refractivity (Wildman–Crippen MR) is 140 cm³/mol. The van der Waals surface area contributed by atoms with E-state index >= 15 is 0 Å². The molecule has 7 fully saturated rings. The highest BCUT2D eigenvalue weighted by molar-refractivity contribution is 5.95. The van der Waals surface area contributed by atoms with Crippen molar-refractivity contribution < 1.29 is 37.5 Å². The predicted octanol–water partition coefficient (Wildman–Crippen LogP) is 1.38. The Morgan fingerprint density at radius 2 is 1.83 bits per heavy atom. The van der Waals surface area contributed by atoms with Crippen molar-refractivity contribution in [3.63, 3.8) is 0 Å². The third kappa shape index (κ3) is 4.74. The summed E-state index contributed by atoms with van der Waals surface area (Å²) in [6.07, 6.45) is -1.72. The molecule has 230 valence electrons. The first-order valence-corrected chi connectivity index (χ1v) is 15.0. The number of carbonyl (C=O) groups excluding carboxylic acids is 4. The zero-order valence-corrected chi connectivity index (χ0v) is 23.8. The van der Waals surface area contributed by atoms with Crippen LogP contribution in [0.4, 0.5) is 13.2 Å². The summed E-state index contributed by atoms with van der Waals surface area (Å²) in [5.41, 5.74) is -2.44. The maximum Gasteiger partial charge on any atom is 0.471 e. The second-order valence-corrected chi connectivity index (χ2v) is 14.5. The van der Waals surface area contributed by atoms with E-state index in [1.165, 1.54) is 4.90 Å². The molecule has 2 saturated heterocycles. The lowest BCUT2D eigenvalue weighted by Crippen LogP contribution is -2.68. The lowest BCUT2D eigenvalue weighted by molar-refractivity contribution is -0.191. The van der Waals surface area contributed by atoms with Crippen LogP contribution < -0.4 is 16.0 Å². The molecule has 0 aromatic heterocycles. The van der Waals surface area contributed by atoms with Gasteiger partial charge in [-0.2, -0.15) is 18.4 Å². The van der Waals surface area contributed by atoms with E-state index in [1.807, 2.05) is 25.2 Å². The first-order valence-electron chi connectivity index (χ1n) is 15.0. The van der Waals surface area contributed by atoms with Gasteiger partial charge in [-0.05, 0) is 80.5 Å². The molecule has 4 bridgehead atoms. The Morgan fingerprint density at radius 3 is 2.38 bits per heavy atom. The minimum absolute atomic E-state index is 0.0449. The fourth-order valence-corrected chi connectivity index (χ4v) is 9.85. The second kappa shape index (κ2) is 9.56. The zero-order valence-electron chi connectivity index (χ0n) is 23.8. The van der Waals surface area contributed by atoms with Gasteiger partial charge in [-0.3, -0.25) is 19.2 Å². The highest BCUT2D eigenvalue weighted by atomic mass is 19.4. The molecule has 2 aliphatic heterocycles. The van der Waals surface area contributed by atoms with Crippen LogP contribution in [0.15, 0.2) is 0 Å². The van der Waals surface area contributed by atoms with E-state index in [4.69, 9.17) is 0 Å². The number of fused-ring (bicyclic) bond motifs is 1. The Bertz CT molecular complexity index is 1230. The molecule has 4 unspecified atom stereocenters. The molecule has 4 N–H and O–H groups in total. The van der Waals surface area contributed by atoms with E-state index in [-0.39, 0.29) is 54.4 Å². The Kier molecular flexibility index (Phi) is 6.65. The first kappa shape index (κ1) is 29.2. The quantitative estimate of drug-likeness (QED) is 0.350. The van der Waals surface area contributed by atoms with Crippen LogP contribution in [0.1, 0.15) is 65.2 Å². The van der Waals surface area contributed by atoms with Crippen molar-refractivity contribution in [1.29, 1.82) is 5.26 Å². The SMILES string of the molecule is CC1(C)[C@@H]2[C@@H](C(=O)N[C@H](C#N)CC3CCNC3=O)N(C(=O)C(NC(=O)C(F)(F)F)C34CC5CC(CC(O)(C5)C3)C4)C[C@@H]21. The third-order valence-electron chi connectivity index (χ3n) is 11.4. The van der Waals surface area contributed by atoms with Crippen molar-refractivity contribution in [3.8, 4) is 6.07 Å². The molecular formula is C29H38F3N5O5. The molecule has 10 nitrogen and oxygen atoms in total. The molecule has 2 heterocycles. The number of amides is 4. The topological polar surface area (TPSA) is 152 Å². The Morgan fingerprint density at radius 1 is 1.17 bits per heavy atom. The number of nitrogens with zero attached hydrogens (tertiary/aromatic N) is 2. The second-order valence-electron chi connectivity index (χ2n) is 14.5. The lowest BCUT2D eigenvalue weighted by Gasteiger charge is -2.62. The highest BCUT2D eigenvalue weighted by Gasteiger charge is 2.71. The Balaban J connectivity index is 1.28. The number of hydrogen-bond donors (Lipinski definition) is 4. The maximum atomic E-state index is 14.4. The van der Waals surface area contributed by atoms with Gasteiger partial charge in [0.15, 0.2) is 0 Å². The number of alkyl halides is 3. The normalized spacial score (nSPS) is 40.5. The fraction of sp³-hybridized carbons (Fsp3) is 0.828. The smallest absolute Gasteiger partial charge is 0.390 e. The molecule has 0 spiro atoms. The van der Waals surface area contributed by atoms with Gasteiger partial charge in [-0.1, -0.05) is 13.8 Å². The Hall–Kier alpha value is -2.88. The van der Waals surface area contributed by atoms with Gasteiger partial charge in [0.1, 0.15) is 18.1 Å². The molecule has 13 heteroatoms. The first-order chi connectivity index (χ1) is 19.6. The number of halogens is 3. The Labute approximate surface area is 242 Å². The van der Waals surface area contributed by atoms with Crippen molar-refractivity contribution in [2.75, 3.05) is 13.1 Å². The molecule has 4 amide bonds. The lowest BCUT2D eigenvalue weighted by atomic mass is 9.46. The van der Waals surface area contributed by atoms with E-state index in [9.17, 15) is 42.7 Å². The number of likely N-dealkylation sites (tertiary alicyclic amines) is 1. The summed E-state index contributed by atoms with van der Waals surface area (Å²) in [7, 11) is 0. The van der Waals surface area contributed by atoms with E-state index in [0.717, 1.165) is 6.42 Å². The fourth-order valence-electron chi connectivity index (χ4n) is 9.85. The molecule has 42 heavy (non-hydrogen) atoms. The molecule has 0 radical (unpaired) electrons. The number of piperidine rings is 1. The molecule has 7 rings (SSSR count). The summed E-state index contributed by atoms with van der Waals surface area (Å²) in [6, 6.07) is -1.53. The van der Waals surface area contributed by atoms with Gasteiger partial charge in [-0.15, -0.1) is 0 Å². The van der Waals surface area contributed by atoms with Gasteiger partial charge in [0.05, 0.1) is 11.7 Å². The van der Waals surface area contributed by atoms with Gasteiger partial charge in [0.25, 0.3) is 0 Å². The summed E-state index contributed by atoms with van der Waals surface area (Å²) < 4.78 is 40.6. The average molecular weight is 594 g/mol. The average Bonchev–Trinajstić information content (AvgIpc) is 3.22. The number of nitriles is 1. The van der Waals surface area contributed by atoms with Gasteiger partial charge in [0.2, 0.25) is 17.7 Å². The summed E-state index contributed by atoms with van der Waals surface area (Å²) in [4.78, 5) is 53.8. The van der Waals surface area contributed by atoms with Gasteiger partial charge < -0.3 is 26.0 Å². The standard InChI is InChI=1S/C29H38F3N5O5/c1-26(2)18-12-37(20(19(18)26)23(39)35-17(11-33)6-16-3-4-34-22(16)38)24(40)21(36-25(41)29(30,31)32)27-7-14-5-15(8-27)10-28(42,9-14)13-27/h14-21,42H,3-10,12-13H2,1-2H3,(H,34,38)(H,35,39)(H,36,41)/t14?,15?,16?,17-,18-,19-,20-,21?,27?,28?/m0/s1. The molecule has 0 aromatic rings. The van der Waals surface area contributed by atoms with Crippen LogP contribution in [0.5, 0.6) is 0 Å². The molecule has 5 aliphatic carbocycles. The van der Waals surface area contributed by atoms with E-state index in [2.05, 4.69) is 10.6 Å². The van der Waals surface area contributed by atoms with Crippen LogP contribution >= 0.6 is 0 Å². The van der Waals surface area contributed by atoms with Crippen LogP contribution in [-0.2, 0) is 19.2 Å². The van der Waals surface area contributed by atoms with E-state index < -0.39 is 59.0 Å². The van der Waals surface area contributed by atoms with Crippen LogP contribution in [0.25, 0.3) is 0 Å². The summed E-state index contributed by atoms with van der Waals surface area (Å²) in [5, 5.41) is 28.5. The van der Waals surface area contributed by atoms with Crippen LogP contribution in [0.2, 0.25) is 0 Å². The highest BCUT2D eigenvalue weighted by Crippen LogP contribution is 2.66. The van der Waals surface area contributed by atoms with Crippen LogP contribution in [0, 0.1) is 51.8 Å². The minimum atomic E-state index is -5.21. The number of aliphatic hydroxyl groups is 1. The van der Waals surface area contributed by atoms with Crippen LogP contribution in [0.3, 0.4) is 0 Å². The van der Waals surface area contributed by atoms with Crippen molar-refractivity contribution in [3.05, 3.63) is 0 Å². The van der Waals surface area contributed by atoms with Crippen molar-refractivity contribution in [2.45, 2.75) is 95.1 Å². The molecule has 0 aromatic carbocycles. The molecule has 5 saturated carbocycles. The monoisotopic (exact) mass is 593 g/mol. The van der Waals surface area contributed by atoms with E-state index in [0.29, 0.717) is 38.6 Å². The maximum absolute atomic E-state index is 14.4. The van der Waals surface area contributed by atoms with E-state index in [1.54, 1.807) is 0 Å². The molecule has 8 atom stereocenters. The van der Waals surface area contributed by atoms with Crippen molar-refractivity contribution in [2.24, 2.45) is 40.4 Å². The molecular weight excluding hydrogens is 555 g/mol. The summed E-state index contributed by atoms with van der Waals surface area (Å²) in [6.45, 7) is 4.56. The summed E-state index contributed by atoms with van der Waals surface area (Å²) >= 11 is 0.